The number of aliphatic carboxylic acids is 1. The van der Waals surface area contributed by atoms with Gasteiger partial charge in [-0.2, -0.15) is 5.26 Å². The zero-order chi connectivity index (χ0) is 20.9. The average Bonchev–Trinajstić information content (AvgIpc) is 3.22. The van der Waals surface area contributed by atoms with Crippen LogP contribution in [0.3, 0.4) is 0 Å². The first-order chi connectivity index (χ1) is 13.8. The molecule has 1 fully saturated rings. The van der Waals surface area contributed by atoms with Gasteiger partial charge in [-0.05, 0) is 31.4 Å². The third kappa shape index (κ3) is 3.15. The number of rotatable bonds is 6. The number of pyridine rings is 1. The molecule has 4 rings (SSSR count). The van der Waals surface area contributed by atoms with Crippen molar-refractivity contribution in [1.29, 1.82) is 5.26 Å². The van der Waals surface area contributed by atoms with E-state index in [0.29, 0.717) is 40.3 Å². The smallest absolute Gasteiger partial charge is 0.306 e. The Morgan fingerprint density at radius 2 is 2.24 bits per heavy atom. The fourth-order valence-corrected chi connectivity index (χ4v) is 4.35. The molecule has 0 aliphatic heterocycles. The van der Waals surface area contributed by atoms with E-state index in [0.717, 1.165) is 11.3 Å². The van der Waals surface area contributed by atoms with Gasteiger partial charge in [0.05, 0.1) is 17.2 Å². The highest BCUT2D eigenvalue weighted by molar-refractivity contribution is 7.21. The van der Waals surface area contributed by atoms with Crippen molar-refractivity contribution in [2.45, 2.75) is 13.3 Å². The number of hydrogen-bond donors (Lipinski definition) is 4. The molecule has 148 valence electrons. The highest BCUT2D eigenvalue weighted by atomic mass is 32.1. The van der Waals surface area contributed by atoms with Crippen LogP contribution in [0.15, 0.2) is 16.5 Å². The third-order valence-corrected chi connectivity index (χ3v) is 6.08. The number of hydrogen-bond acceptors (Lipinski definition) is 8. The van der Waals surface area contributed by atoms with Gasteiger partial charge in [0.2, 0.25) is 0 Å². The van der Waals surface area contributed by atoms with Crippen LogP contribution in [0.2, 0.25) is 0 Å². The standard InChI is InChI=1S/C19H17N5O4S/c1-7-2-3-11(28-7)12-10(5-20)17(23-6-8-4-9(8)19(26)27)24-18-13(12)14(21)15(29-18)16(22)25/h2-3,8-9H,4,6,21H2,1H3,(H2,22,25)(H,23,24)(H,26,27). The number of nitrogen functional groups attached to an aromatic ring is 1. The number of nitrogens with one attached hydrogen (secondary N) is 1. The van der Waals surface area contributed by atoms with Crippen LogP contribution < -0.4 is 16.8 Å². The number of fused-ring (bicyclic) bond motifs is 1. The Morgan fingerprint density at radius 1 is 1.48 bits per heavy atom. The SMILES string of the molecule is Cc1ccc(-c2c(C#N)c(NCC3CC3C(=O)O)nc3sc(C(N)=O)c(N)c23)o1. The second-order valence-corrected chi connectivity index (χ2v) is 7.94. The highest BCUT2D eigenvalue weighted by Crippen LogP contribution is 2.44. The summed E-state index contributed by atoms with van der Waals surface area (Å²) in [6, 6.07) is 5.62. The van der Waals surface area contributed by atoms with Crippen molar-refractivity contribution in [2.75, 3.05) is 17.6 Å². The van der Waals surface area contributed by atoms with E-state index >= 15 is 0 Å². The fraction of sp³-hybridized carbons (Fsp3) is 0.263. The summed E-state index contributed by atoms with van der Waals surface area (Å²) >= 11 is 1.04. The Kier molecular flexibility index (Phi) is 4.39. The van der Waals surface area contributed by atoms with Crippen LogP contribution in [0.5, 0.6) is 0 Å². The second-order valence-electron chi connectivity index (χ2n) is 6.94. The number of anilines is 2. The van der Waals surface area contributed by atoms with Crippen molar-refractivity contribution >= 4 is 44.9 Å². The number of nitrogens with zero attached hydrogens (tertiary/aromatic N) is 2. The maximum Gasteiger partial charge on any atom is 0.306 e. The predicted molar refractivity (Wildman–Crippen MR) is 107 cm³/mol. The quantitative estimate of drug-likeness (QED) is 0.480. The van der Waals surface area contributed by atoms with Gasteiger partial charge >= 0.3 is 5.97 Å². The first-order valence-corrected chi connectivity index (χ1v) is 9.62. The first kappa shape index (κ1) is 18.8. The number of amides is 1. The van der Waals surface area contributed by atoms with Crippen LogP contribution in [0, 0.1) is 30.1 Å². The molecule has 3 aromatic rings. The average molecular weight is 411 g/mol. The molecule has 0 spiro atoms. The molecule has 0 saturated heterocycles. The van der Waals surface area contributed by atoms with Crippen molar-refractivity contribution < 1.29 is 19.1 Å². The number of carboxylic acids is 1. The molecule has 1 amide bonds. The van der Waals surface area contributed by atoms with E-state index in [1.54, 1.807) is 19.1 Å². The summed E-state index contributed by atoms with van der Waals surface area (Å²) in [4.78, 5) is 27.9. The van der Waals surface area contributed by atoms with Crippen molar-refractivity contribution in [1.82, 2.24) is 4.98 Å². The minimum atomic E-state index is -0.829. The number of nitriles is 1. The van der Waals surface area contributed by atoms with Crippen molar-refractivity contribution in [2.24, 2.45) is 17.6 Å². The number of primary amides is 1. The zero-order valence-electron chi connectivity index (χ0n) is 15.4. The Hall–Kier alpha value is -3.58. The summed E-state index contributed by atoms with van der Waals surface area (Å²) < 4.78 is 5.73. The summed E-state index contributed by atoms with van der Waals surface area (Å²) in [5, 5.41) is 22.5. The Balaban J connectivity index is 1.87. The van der Waals surface area contributed by atoms with Gasteiger partial charge in [-0.15, -0.1) is 11.3 Å². The molecule has 2 atom stereocenters. The molecule has 0 radical (unpaired) electrons. The maximum absolute atomic E-state index is 11.8. The highest BCUT2D eigenvalue weighted by Gasteiger charge is 2.43. The first-order valence-electron chi connectivity index (χ1n) is 8.81. The molecular weight excluding hydrogens is 394 g/mol. The summed E-state index contributed by atoms with van der Waals surface area (Å²) in [5.74, 6) is -0.563. The number of carboxylic acid groups (broad SMARTS) is 1. The Labute approximate surface area is 168 Å². The van der Waals surface area contributed by atoms with Crippen LogP contribution in [0.1, 0.15) is 27.4 Å². The molecule has 6 N–H and O–H groups in total. The third-order valence-electron chi connectivity index (χ3n) is 4.97. The molecular formula is C19H17N5O4S. The lowest BCUT2D eigenvalue weighted by Gasteiger charge is -2.11. The molecule has 0 bridgehead atoms. The van der Waals surface area contributed by atoms with E-state index in [2.05, 4.69) is 16.4 Å². The minimum Gasteiger partial charge on any atom is -0.481 e. The Bertz CT molecular complexity index is 1210. The molecule has 1 aliphatic carbocycles. The van der Waals surface area contributed by atoms with Gasteiger partial charge in [-0.1, -0.05) is 0 Å². The van der Waals surface area contributed by atoms with Crippen LogP contribution in [-0.4, -0.2) is 28.5 Å². The van der Waals surface area contributed by atoms with Crippen molar-refractivity contribution in [3.05, 3.63) is 28.3 Å². The summed E-state index contributed by atoms with van der Waals surface area (Å²) in [6.07, 6.45) is 0.578. The lowest BCUT2D eigenvalue weighted by Crippen LogP contribution is -2.11. The van der Waals surface area contributed by atoms with E-state index in [4.69, 9.17) is 21.0 Å². The van der Waals surface area contributed by atoms with Crippen molar-refractivity contribution in [3.8, 4) is 17.4 Å². The summed E-state index contributed by atoms with van der Waals surface area (Å²) in [6.45, 7) is 2.14. The summed E-state index contributed by atoms with van der Waals surface area (Å²) in [5.41, 5.74) is 12.4. The molecule has 1 aliphatic rings. The van der Waals surface area contributed by atoms with Crippen LogP contribution in [0.25, 0.3) is 21.5 Å². The van der Waals surface area contributed by atoms with E-state index in [9.17, 15) is 14.9 Å². The minimum absolute atomic E-state index is 0.0274. The number of thiophene rings is 1. The van der Waals surface area contributed by atoms with Gasteiger partial charge in [0.15, 0.2) is 0 Å². The van der Waals surface area contributed by atoms with Gasteiger partial charge in [-0.25, -0.2) is 4.98 Å². The van der Waals surface area contributed by atoms with Gasteiger partial charge < -0.3 is 26.3 Å². The summed E-state index contributed by atoms with van der Waals surface area (Å²) in [7, 11) is 0. The van der Waals surface area contributed by atoms with E-state index in [1.165, 1.54) is 0 Å². The normalized spacial score (nSPS) is 17.8. The molecule has 2 unspecified atom stereocenters. The lowest BCUT2D eigenvalue weighted by atomic mass is 10.0. The number of nitrogens with two attached hydrogens (primary N) is 2. The molecule has 3 aromatic heterocycles. The number of aryl methyl sites for hydroxylation is 1. The topological polar surface area (TPSA) is 168 Å². The number of aromatic nitrogens is 1. The van der Waals surface area contributed by atoms with Gasteiger partial charge in [-0.3, -0.25) is 9.59 Å². The van der Waals surface area contributed by atoms with Gasteiger partial charge in [0, 0.05) is 11.9 Å². The predicted octanol–water partition coefficient (Wildman–Crippen LogP) is 2.55. The molecule has 3 heterocycles. The number of carbonyl (C=O) groups excluding carboxylic acids is 1. The van der Waals surface area contributed by atoms with Crippen LogP contribution >= 0.6 is 11.3 Å². The van der Waals surface area contributed by atoms with Crippen LogP contribution in [0.4, 0.5) is 11.5 Å². The second kappa shape index (κ2) is 6.79. The van der Waals surface area contributed by atoms with E-state index in [1.807, 2.05) is 0 Å². The number of carbonyl (C=O) groups is 2. The maximum atomic E-state index is 11.8. The lowest BCUT2D eigenvalue weighted by molar-refractivity contribution is -0.138. The Morgan fingerprint density at radius 3 is 2.79 bits per heavy atom. The number of furan rings is 1. The molecule has 1 saturated carbocycles. The molecule has 29 heavy (non-hydrogen) atoms. The van der Waals surface area contributed by atoms with E-state index in [-0.39, 0.29) is 33.8 Å². The monoisotopic (exact) mass is 411 g/mol. The molecule has 0 aromatic carbocycles. The van der Waals surface area contributed by atoms with Crippen LogP contribution in [-0.2, 0) is 4.79 Å². The van der Waals surface area contributed by atoms with Crippen molar-refractivity contribution in [3.63, 3.8) is 0 Å². The zero-order valence-corrected chi connectivity index (χ0v) is 16.2. The molecule has 10 heteroatoms. The van der Waals surface area contributed by atoms with Gasteiger partial charge in [0.1, 0.15) is 38.7 Å². The van der Waals surface area contributed by atoms with E-state index < -0.39 is 11.9 Å². The van der Waals surface area contributed by atoms with Gasteiger partial charge in [0.25, 0.3) is 5.91 Å². The molecule has 9 nitrogen and oxygen atoms in total. The fourth-order valence-electron chi connectivity index (χ4n) is 3.39. The largest absolute Gasteiger partial charge is 0.481 e.